The Balaban J connectivity index is 1.73. The third-order valence-corrected chi connectivity index (χ3v) is 5.52. The lowest BCUT2D eigenvalue weighted by Gasteiger charge is -2.20. The molecular weight excluding hydrogens is 416 g/mol. The van der Waals surface area contributed by atoms with Crippen LogP contribution in [0.5, 0.6) is 0 Å². The maximum Gasteiger partial charge on any atom is 0.220 e. The second-order valence-electron chi connectivity index (χ2n) is 8.13. The van der Waals surface area contributed by atoms with Crippen molar-refractivity contribution in [3.05, 3.63) is 71.0 Å². The highest BCUT2D eigenvalue weighted by Gasteiger charge is 2.16. The van der Waals surface area contributed by atoms with Gasteiger partial charge in [-0.15, -0.1) is 10.2 Å². The molecule has 0 saturated carbocycles. The van der Waals surface area contributed by atoms with Crippen LogP contribution in [0.2, 0.25) is 5.02 Å². The number of amides is 1. The number of nitrogens with one attached hydrogen (secondary N) is 1. The van der Waals surface area contributed by atoms with Crippen molar-refractivity contribution in [1.29, 1.82) is 0 Å². The summed E-state index contributed by atoms with van der Waals surface area (Å²) in [6.07, 6.45) is 1.93. The van der Waals surface area contributed by atoms with Crippen LogP contribution in [0.1, 0.15) is 45.0 Å². The molecule has 0 bridgehead atoms. The van der Waals surface area contributed by atoms with Gasteiger partial charge in [-0.1, -0.05) is 59.8 Å². The van der Waals surface area contributed by atoms with Gasteiger partial charge in [-0.3, -0.25) is 9.36 Å². The molecular formula is C23H27ClN4OS. The molecule has 0 spiro atoms. The molecule has 158 valence electrons. The van der Waals surface area contributed by atoms with Gasteiger partial charge in [-0.25, -0.2) is 0 Å². The van der Waals surface area contributed by atoms with Crippen LogP contribution in [-0.4, -0.2) is 32.0 Å². The molecule has 1 N–H and O–H groups in total. The smallest absolute Gasteiger partial charge is 0.220 e. The maximum absolute atomic E-state index is 12.0. The van der Waals surface area contributed by atoms with Crippen LogP contribution in [0.3, 0.4) is 0 Å². The average molecular weight is 443 g/mol. The van der Waals surface area contributed by atoms with E-state index in [0.717, 1.165) is 28.8 Å². The highest BCUT2D eigenvalue weighted by molar-refractivity contribution is 7.99. The normalized spacial score (nSPS) is 11.5. The zero-order valence-corrected chi connectivity index (χ0v) is 19.1. The largest absolute Gasteiger partial charge is 0.352 e. The Morgan fingerprint density at radius 2 is 1.87 bits per heavy atom. The molecule has 1 heterocycles. The van der Waals surface area contributed by atoms with Gasteiger partial charge in [0.25, 0.3) is 0 Å². The minimum Gasteiger partial charge on any atom is -0.352 e. The van der Waals surface area contributed by atoms with Crippen molar-refractivity contribution in [2.75, 3.05) is 5.75 Å². The number of hydrogen-bond donors (Lipinski definition) is 1. The van der Waals surface area contributed by atoms with Gasteiger partial charge in [0.05, 0.1) is 5.69 Å². The Hall–Kier alpha value is -2.31. The summed E-state index contributed by atoms with van der Waals surface area (Å²) in [6.45, 7) is 5.96. The van der Waals surface area contributed by atoms with E-state index in [-0.39, 0.29) is 11.4 Å². The number of nitrogens with zero attached hydrogens (tertiary/aromatic N) is 3. The van der Waals surface area contributed by atoms with Crippen LogP contribution < -0.4 is 5.32 Å². The van der Waals surface area contributed by atoms with E-state index in [1.54, 1.807) is 11.8 Å². The van der Waals surface area contributed by atoms with Crippen LogP contribution >= 0.6 is 23.4 Å². The molecule has 1 amide bonds. The first-order chi connectivity index (χ1) is 14.3. The summed E-state index contributed by atoms with van der Waals surface area (Å²) in [5.41, 5.74) is 1.90. The van der Waals surface area contributed by atoms with Gasteiger partial charge in [0.15, 0.2) is 5.16 Å². The molecule has 0 aliphatic heterocycles. The molecule has 0 aliphatic rings. The molecule has 1 aromatic heterocycles. The zero-order chi connectivity index (χ0) is 21.6. The number of benzene rings is 2. The van der Waals surface area contributed by atoms with E-state index >= 15 is 0 Å². The summed E-state index contributed by atoms with van der Waals surface area (Å²) < 4.78 is 2.05. The molecule has 3 rings (SSSR count). The molecule has 30 heavy (non-hydrogen) atoms. The molecule has 0 saturated heterocycles. The molecule has 3 aromatic rings. The van der Waals surface area contributed by atoms with Crippen LogP contribution in [-0.2, 0) is 11.2 Å². The average Bonchev–Trinajstić information content (AvgIpc) is 3.07. The highest BCUT2D eigenvalue weighted by atomic mass is 35.5. The molecule has 0 fully saturated rings. The van der Waals surface area contributed by atoms with E-state index in [0.29, 0.717) is 17.9 Å². The molecule has 2 aromatic carbocycles. The summed E-state index contributed by atoms with van der Waals surface area (Å²) in [7, 11) is 0. The van der Waals surface area contributed by atoms with Gasteiger partial charge in [-0.05, 0) is 51.0 Å². The fraction of sp³-hybridized carbons (Fsp3) is 0.348. The first-order valence-electron chi connectivity index (χ1n) is 10.00. The molecule has 0 unspecified atom stereocenters. The number of halogens is 1. The standard InChI is InChI=1S/C23H27ClN4OS/c1-23(2,3)25-21(29)13-8-14-30-22-27-26-20(15-17-9-5-4-6-10-17)28(22)19-12-7-11-18(24)16-19/h4-7,9-12,16H,8,13-15H2,1-3H3,(H,25,29). The Labute approximate surface area is 187 Å². The van der Waals surface area contributed by atoms with Crippen LogP contribution in [0, 0.1) is 0 Å². The SMILES string of the molecule is CC(C)(C)NC(=O)CCCSc1nnc(Cc2ccccc2)n1-c1cccc(Cl)c1. The second kappa shape index (κ2) is 10.1. The zero-order valence-electron chi connectivity index (χ0n) is 17.6. The van der Waals surface area contributed by atoms with Crippen molar-refractivity contribution in [1.82, 2.24) is 20.1 Å². The Kier molecular flexibility index (Phi) is 7.56. The van der Waals surface area contributed by atoms with Crippen molar-refractivity contribution in [3.8, 4) is 5.69 Å². The number of hydrogen-bond acceptors (Lipinski definition) is 4. The van der Waals surface area contributed by atoms with Crippen molar-refractivity contribution < 1.29 is 4.79 Å². The number of carbonyl (C=O) groups is 1. The summed E-state index contributed by atoms with van der Waals surface area (Å²) in [4.78, 5) is 12.0. The molecule has 0 radical (unpaired) electrons. The molecule has 5 nitrogen and oxygen atoms in total. The monoisotopic (exact) mass is 442 g/mol. The first kappa shape index (κ1) is 22.4. The van der Waals surface area contributed by atoms with Gasteiger partial charge < -0.3 is 5.32 Å². The Morgan fingerprint density at radius 3 is 2.57 bits per heavy atom. The third-order valence-electron chi connectivity index (χ3n) is 4.27. The number of aromatic nitrogens is 3. The van der Waals surface area contributed by atoms with Crippen molar-refractivity contribution >= 4 is 29.3 Å². The molecule has 7 heteroatoms. The van der Waals surface area contributed by atoms with E-state index in [2.05, 4.69) is 32.2 Å². The maximum atomic E-state index is 12.0. The lowest BCUT2D eigenvalue weighted by Crippen LogP contribution is -2.40. The molecule has 0 atom stereocenters. The minimum absolute atomic E-state index is 0.0733. The van der Waals surface area contributed by atoms with E-state index in [1.807, 2.05) is 63.2 Å². The minimum atomic E-state index is -0.205. The van der Waals surface area contributed by atoms with E-state index in [4.69, 9.17) is 11.6 Å². The van der Waals surface area contributed by atoms with Crippen LogP contribution in [0.25, 0.3) is 5.69 Å². The summed E-state index contributed by atoms with van der Waals surface area (Å²) in [5.74, 6) is 1.71. The number of thioether (sulfide) groups is 1. The van der Waals surface area contributed by atoms with Gasteiger partial charge >= 0.3 is 0 Å². The summed E-state index contributed by atoms with van der Waals surface area (Å²) in [5, 5.41) is 13.3. The summed E-state index contributed by atoms with van der Waals surface area (Å²) in [6, 6.07) is 17.9. The Morgan fingerprint density at radius 1 is 1.10 bits per heavy atom. The number of rotatable bonds is 8. The Bertz CT molecular complexity index is 982. The van der Waals surface area contributed by atoms with Gasteiger partial charge in [0.1, 0.15) is 5.82 Å². The lowest BCUT2D eigenvalue weighted by molar-refractivity contribution is -0.122. The van der Waals surface area contributed by atoms with Crippen molar-refractivity contribution in [3.63, 3.8) is 0 Å². The third kappa shape index (κ3) is 6.61. The van der Waals surface area contributed by atoms with Crippen LogP contribution in [0.15, 0.2) is 59.8 Å². The quantitative estimate of drug-likeness (QED) is 0.380. The van der Waals surface area contributed by atoms with Gasteiger partial charge in [-0.2, -0.15) is 0 Å². The summed E-state index contributed by atoms with van der Waals surface area (Å²) >= 11 is 7.84. The highest BCUT2D eigenvalue weighted by Crippen LogP contribution is 2.26. The van der Waals surface area contributed by atoms with Crippen LogP contribution in [0.4, 0.5) is 0 Å². The molecule has 0 aliphatic carbocycles. The van der Waals surface area contributed by atoms with E-state index in [1.165, 1.54) is 5.56 Å². The fourth-order valence-electron chi connectivity index (χ4n) is 3.04. The predicted molar refractivity (Wildman–Crippen MR) is 123 cm³/mol. The topological polar surface area (TPSA) is 59.8 Å². The fourth-order valence-corrected chi connectivity index (χ4v) is 4.13. The lowest BCUT2D eigenvalue weighted by atomic mass is 10.1. The van der Waals surface area contributed by atoms with Gasteiger partial charge in [0, 0.05) is 29.2 Å². The van der Waals surface area contributed by atoms with E-state index < -0.39 is 0 Å². The van der Waals surface area contributed by atoms with Crippen molar-refractivity contribution in [2.45, 2.75) is 50.7 Å². The predicted octanol–water partition coefficient (Wildman–Crippen LogP) is 5.30. The van der Waals surface area contributed by atoms with Crippen molar-refractivity contribution in [2.24, 2.45) is 0 Å². The second-order valence-corrected chi connectivity index (χ2v) is 9.63. The number of carbonyl (C=O) groups excluding carboxylic acids is 1. The van der Waals surface area contributed by atoms with E-state index in [9.17, 15) is 4.79 Å². The van der Waals surface area contributed by atoms with Gasteiger partial charge in [0.2, 0.25) is 5.91 Å². The first-order valence-corrected chi connectivity index (χ1v) is 11.4.